The van der Waals surface area contributed by atoms with Crippen molar-refractivity contribution >= 4 is 29.2 Å². The minimum Gasteiger partial charge on any atom is -0.380 e. The molecule has 1 aromatic carbocycles. The number of aryl methyl sites for hydroxylation is 1. The van der Waals surface area contributed by atoms with E-state index >= 15 is 0 Å². The molecule has 1 heterocycles. The highest BCUT2D eigenvalue weighted by Crippen LogP contribution is 2.32. The molecular weight excluding hydrogens is 674 g/mol. The van der Waals surface area contributed by atoms with Gasteiger partial charge in [0.1, 0.15) is 5.78 Å². The maximum absolute atomic E-state index is 14.3. The summed E-state index contributed by atoms with van der Waals surface area (Å²) in [5, 5.41) is 3.11. The molecule has 2 amide bonds. The van der Waals surface area contributed by atoms with Crippen molar-refractivity contribution in [1.82, 2.24) is 15.1 Å². The fraction of sp³-hybridized carbons (Fsp3) is 0.738. The van der Waals surface area contributed by atoms with Gasteiger partial charge in [-0.15, -0.1) is 0 Å². The molecule has 1 aliphatic heterocycles. The number of carbonyl (C=O) groups is 5. The molecule has 0 unspecified atom stereocenters. The molecule has 0 saturated carbocycles. The quantitative estimate of drug-likeness (QED) is 0.144. The van der Waals surface area contributed by atoms with Gasteiger partial charge in [0.2, 0.25) is 11.8 Å². The Morgan fingerprint density at radius 1 is 0.887 bits per heavy atom. The number of benzene rings is 1. The molecule has 0 aliphatic carbocycles. The molecule has 1 aromatic rings. The standard InChI is InChI=1S/C42H69N3O8/c1-14-28(7)40(44(10)42(50)32(25(2)3)22-36(48)39(43-9)26(4)5)37(52-12)23-38(49)45-24-31(51-11)21-33(45)41(53-13)29(8)34(46)19-20-35(47)30-17-15-27(6)16-18-30/h15-18,25-26,28-29,31-33,37,39-41,43H,14,19-24H2,1-13H3/t28-,29-,31+,32-,33-,37+,39-,40-,41+/m0/s1. The van der Waals surface area contributed by atoms with Crippen LogP contribution in [0.15, 0.2) is 24.3 Å². The minimum absolute atomic E-state index is 0.000326. The molecule has 1 N–H and O–H groups in total. The van der Waals surface area contributed by atoms with E-state index in [0.29, 0.717) is 18.5 Å². The van der Waals surface area contributed by atoms with Crippen LogP contribution < -0.4 is 5.32 Å². The Morgan fingerprint density at radius 2 is 1.51 bits per heavy atom. The summed E-state index contributed by atoms with van der Waals surface area (Å²) in [4.78, 5) is 71.6. The van der Waals surface area contributed by atoms with Crippen molar-refractivity contribution in [3.8, 4) is 0 Å². The summed E-state index contributed by atoms with van der Waals surface area (Å²) in [6.07, 6.45) is 0.0124. The van der Waals surface area contributed by atoms with E-state index in [2.05, 4.69) is 5.32 Å². The Hall–Kier alpha value is -2.99. The summed E-state index contributed by atoms with van der Waals surface area (Å²) in [5.74, 6) is -1.63. The third kappa shape index (κ3) is 12.3. The monoisotopic (exact) mass is 744 g/mol. The lowest BCUT2D eigenvalue weighted by molar-refractivity contribution is -0.149. The van der Waals surface area contributed by atoms with Crippen molar-refractivity contribution in [3.05, 3.63) is 35.4 Å². The van der Waals surface area contributed by atoms with Crippen molar-refractivity contribution in [2.24, 2.45) is 29.6 Å². The van der Waals surface area contributed by atoms with Gasteiger partial charge in [-0.05, 0) is 38.1 Å². The third-order valence-electron chi connectivity index (χ3n) is 11.5. The van der Waals surface area contributed by atoms with Crippen LogP contribution in [-0.2, 0) is 33.4 Å². The Kier molecular flexibility index (Phi) is 19.0. The average molecular weight is 744 g/mol. The number of likely N-dealkylation sites (tertiary alicyclic amines) is 1. The molecule has 2 rings (SSSR count). The van der Waals surface area contributed by atoms with Crippen molar-refractivity contribution < 1.29 is 38.2 Å². The largest absolute Gasteiger partial charge is 0.380 e. The van der Waals surface area contributed by atoms with Gasteiger partial charge in [-0.25, -0.2) is 0 Å². The van der Waals surface area contributed by atoms with Crippen LogP contribution in [-0.4, -0.2) is 117 Å². The van der Waals surface area contributed by atoms with E-state index < -0.39 is 36.1 Å². The van der Waals surface area contributed by atoms with Gasteiger partial charge in [0.25, 0.3) is 0 Å². The molecule has 9 atom stereocenters. The van der Waals surface area contributed by atoms with Gasteiger partial charge in [-0.1, -0.05) is 84.7 Å². The summed E-state index contributed by atoms with van der Waals surface area (Å²) in [6.45, 7) is 16.1. The number of Topliss-reactive ketones (excluding diaryl/α,β-unsaturated/α-hetero) is 3. The van der Waals surface area contributed by atoms with E-state index in [-0.39, 0.29) is 84.7 Å². The highest BCUT2D eigenvalue weighted by atomic mass is 16.5. The SMILES string of the molecule is CC[C@H](C)[C@@H]([C@@H](CC(=O)N1C[C@H](OC)C[C@H]1[C@H](OC)[C@@H](C)C(=O)CCC(=O)c1ccc(C)cc1)OC)N(C)C(=O)[C@@H](CC(=O)[C@@H](NC)C(C)C)C(C)C. The van der Waals surface area contributed by atoms with Crippen LogP contribution in [0.2, 0.25) is 0 Å². The number of hydrogen-bond acceptors (Lipinski definition) is 9. The van der Waals surface area contributed by atoms with Crippen molar-refractivity contribution in [2.75, 3.05) is 42.0 Å². The number of amides is 2. The normalized spacial score (nSPS) is 20.1. The summed E-state index contributed by atoms with van der Waals surface area (Å²) < 4.78 is 17.7. The van der Waals surface area contributed by atoms with E-state index in [9.17, 15) is 24.0 Å². The van der Waals surface area contributed by atoms with Crippen LogP contribution in [0.5, 0.6) is 0 Å². The third-order valence-corrected chi connectivity index (χ3v) is 11.5. The second-order valence-corrected chi connectivity index (χ2v) is 15.8. The lowest BCUT2D eigenvalue weighted by Crippen LogP contribution is -2.54. The first-order valence-electron chi connectivity index (χ1n) is 19.4. The first-order valence-corrected chi connectivity index (χ1v) is 19.4. The molecule has 0 radical (unpaired) electrons. The molecule has 0 aromatic heterocycles. The van der Waals surface area contributed by atoms with Crippen molar-refractivity contribution in [1.29, 1.82) is 0 Å². The number of hydrogen-bond donors (Lipinski definition) is 1. The number of methoxy groups -OCH3 is 3. The van der Waals surface area contributed by atoms with Crippen molar-refractivity contribution in [3.63, 3.8) is 0 Å². The average Bonchev–Trinajstić information content (AvgIpc) is 3.56. The number of ether oxygens (including phenoxy) is 3. The lowest BCUT2D eigenvalue weighted by atomic mass is 9.84. The summed E-state index contributed by atoms with van der Waals surface area (Å²) in [5.41, 5.74) is 1.63. The summed E-state index contributed by atoms with van der Waals surface area (Å²) in [7, 11) is 8.23. The zero-order valence-corrected chi connectivity index (χ0v) is 34.8. The predicted molar refractivity (Wildman–Crippen MR) is 208 cm³/mol. The molecule has 1 aliphatic rings. The molecule has 11 nitrogen and oxygen atoms in total. The zero-order valence-electron chi connectivity index (χ0n) is 34.8. The number of nitrogens with one attached hydrogen (secondary N) is 1. The maximum atomic E-state index is 14.3. The fourth-order valence-electron chi connectivity index (χ4n) is 7.92. The molecule has 0 bridgehead atoms. The number of ketones is 3. The van der Waals surface area contributed by atoms with Crippen LogP contribution in [0.25, 0.3) is 0 Å². The zero-order chi connectivity index (χ0) is 40.2. The number of carbonyl (C=O) groups excluding carboxylic acids is 5. The van der Waals surface area contributed by atoms with Crippen LogP contribution in [0.3, 0.4) is 0 Å². The van der Waals surface area contributed by atoms with Crippen LogP contribution >= 0.6 is 0 Å². The van der Waals surface area contributed by atoms with Crippen LogP contribution in [0.4, 0.5) is 0 Å². The van der Waals surface area contributed by atoms with E-state index in [4.69, 9.17) is 14.2 Å². The van der Waals surface area contributed by atoms with E-state index in [0.717, 1.165) is 12.0 Å². The van der Waals surface area contributed by atoms with Gasteiger partial charge in [-0.2, -0.15) is 0 Å². The van der Waals surface area contributed by atoms with Gasteiger partial charge >= 0.3 is 0 Å². The molecule has 300 valence electrons. The van der Waals surface area contributed by atoms with Gasteiger partial charge < -0.3 is 29.3 Å². The highest BCUT2D eigenvalue weighted by Gasteiger charge is 2.45. The number of likely N-dealkylation sites (N-methyl/N-ethyl adjacent to an activating group) is 2. The van der Waals surface area contributed by atoms with Gasteiger partial charge in [-0.3, -0.25) is 24.0 Å². The summed E-state index contributed by atoms with van der Waals surface area (Å²) >= 11 is 0. The Labute approximate surface area is 319 Å². The van der Waals surface area contributed by atoms with Gasteiger partial charge in [0, 0.05) is 71.6 Å². The molecule has 1 fully saturated rings. The molecule has 53 heavy (non-hydrogen) atoms. The topological polar surface area (TPSA) is 132 Å². The fourth-order valence-corrected chi connectivity index (χ4v) is 7.92. The second kappa shape index (κ2) is 21.8. The second-order valence-electron chi connectivity index (χ2n) is 15.8. The summed E-state index contributed by atoms with van der Waals surface area (Å²) in [6, 6.07) is 6.09. The smallest absolute Gasteiger partial charge is 0.226 e. The first kappa shape index (κ1) is 46.2. The lowest BCUT2D eigenvalue weighted by Gasteiger charge is -2.41. The van der Waals surface area contributed by atoms with E-state index in [1.54, 1.807) is 64.3 Å². The minimum atomic E-state index is -0.634. The van der Waals surface area contributed by atoms with E-state index in [1.807, 2.05) is 60.6 Å². The maximum Gasteiger partial charge on any atom is 0.226 e. The Morgan fingerprint density at radius 3 is 2.00 bits per heavy atom. The number of nitrogens with zero attached hydrogens (tertiary/aromatic N) is 2. The Bertz CT molecular complexity index is 1350. The first-order chi connectivity index (χ1) is 25.0. The molecule has 11 heteroatoms. The highest BCUT2D eigenvalue weighted by molar-refractivity contribution is 5.98. The number of rotatable bonds is 23. The van der Waals surface area contributed by atoms with Gasteiger partial charge in [0.15, 0.2) is 11.6 Å². The van der Waals surface area contributed by atoms with Crippen LogP contribution in [0, 0.1) is 36.5 Å². The predicted octanol–water partition coefficient (Wildman–Crippen LogP) is 5.55. The molecular formula is C42H69N3O8. The van der Waals surface area contributed by atoms with Gasteiger partial charge in [0.05, 0.1) is 42.9 Å². The molecule has 1 saturated heterocycles. The van der Waals surface area contributed by atoms with Crippen LogP contribution in [0.1, 0.15) is 103 Å². The molecule has 0 spiro atoms. The van der Waals surface area contributed by atoms with Crippen molar-refractivity contribution in [2.45, 2.75) is 130 Å². The Balaban J connectivity index is 2.29. The van der Waals surface area contributed by atoms with E-state index in [1.165, 1.54) is 0 Å².